The zero-order valence-electron chi connectivity index (χ0n) is 5.64. The summed E-state index contributed by atoms with van der Waals surface area (Å²) in [5, 5.41) is 0. The first-order valence-corrected chi connectivity index (χ1v) is 3.66. The number of hydrogen-bond acceptors (Lipinski definition) is 0. The Morgan fingerprint density at radius 3 is 3.00 bits per heavy atom. The highest BCUT2D eigenvalue weighted by Gasteiger charge is 2.50. The second-order valence-corrected chi connectivity index (χ2v) is 3.25. The van der Waals surface area contributed by atoms with Gasteiger partial charge in [-0.25, -0.2) is 0 Å². The summed E-state index contributed by atoms with van der Waals surface area (Å²) in [6, 6.07) is 0. The highest BCUT2D eigenvalue weighted by molar-refractivity contribution is 5.19. The molecule has 0 amide bonds. The van der Waals surface area contributed by atoms with Gasteiger partial charge in [0.2, 0.25) is 0 Å². The van der Waals surface area contributed by atoms with Crippen LogP contribution in [0.3, 0.4) is 0 Å². The van der Waals surface area contributed by atoms with Crippen LogP contribution in [0.2, 0.25) is 0 Å². The number of rotatable bonds is 1. The van der Waals surface area contributed by atoms with Crippen LogP contribution < -0.4 is 0 Å². The quantitative estimate of drug-likeness (QED) is 0.466. The van der Waals surface area contributed by atoms with Crippen molar-refractivity contribution < 1.29 is 0 Å². The van der Waals surface area contributed by atoms with Crippen LogP contribution in [0.1, 0.15) is 19.3 Å². The molecule has 1 fully saturated rings. The molecule has 0 aromatic carbocycles. The average Bonchev–Trinajstić information content (AvgIpc) is 2.62. The highest BCUT2D eigenvalue weighted by atomic mass is 14.5. The Bertz CT molecular complexity index is 167. The molecule has 0 aromatic rings. The van der Waals surface area contributed by atoms with E-state index in [9.17, 15) is 0 Å². The molecular weight excluding hydrogens is 108 g/mol. The molecule has 0 aliphatic heterocycles. The van der Waals surface area contributed by atoms with Gasteiger partial charge in [-0.05, 0) is 30.6 Å². The molecule has 48 valence electrons. The van der Waals surface area contributed by atoms with Crippen molar-refractivity contribution in [3.8, 4) is 0 Å². The van der Waals surface area contributed by atoms with E-state index >= 15 is 0 Å². The minimum absolute atomic E-state index is 0.564. The van der Waals surface area contributed by atoms with Crippen LogP contribution in [0.15, 0.2) is 24.8 Å². The Morgan fingerprint density at radius 2 is 2.44 bits per heavy atom. The van der Waals surface area contributed by atoms with Crippen LogP contribution in [0.4, 0.5) is 0 Å². The molecule has 1 saturated carbocycles. The van der Waals surface area contributed by atoms with Crippen LogP contribution in [0, 0.1) is 11.3 Å². The van der Waals surface area contributed by atoms with E-state index in [-0.39, 0.29) is 0 Å². The van der Waals surface area contributed by atoms with E-state index in [1.807, 2.05) is 0 Å². The highest BCUT2D eigenvalue weighted by Crippen LogP contribution is 2.60. The molecule has 0 heterocycles. The molecule has 0 nitrogen and oxygen atoms in total. The fourth-order valence-corrected chi connectivity index (χ4v) is 1.86. The SMILES string of the molecule is C=CC12CC=CCC1C2. The maximum atomic E-state index is 3.86. The van der Waals surface area contributed by atoms with Gasteiger partial charge in [0.25, 0.3) is 0 Å². The van der Waals surface area contributed by atoms with Gasteiger partial charge in [-0.1, -0.05) is 18.2 Å². The van der Waals surface area contributed by atoms with E-state index in [1.165, 1.54) is 19.3 Å². The molecule has 0 aromatic heterocycles. The van der Waals surface area contributed by atoms with Gasteiger partial charge in [0.05, 0.1) is 0 Å². The first-order valence-electron chi connectivity index (χ1n) is 3.66. The molecule has 2 rings (SSSR count). The minimum atomic E-state index is 0.564. The first kappa shape index (κ1) is 5.28. The van der Waals surface area contributed by atoms with E-state index in [4.69, 9.17) is 0 Å². The molecule has 2 atom stereocenters. The molecule has 2 aliphatic rings. The van der Waals surface area contributed by atoms with Crippen molar-refractivity contribution in [2.24, 2.45) is 11.3 Å². The third-order valence-electron chi connectivity index (χ3n) is 2.77. The summed E-state index contributed by atoms with van der Waals surface area (Å²) in [5.74, 6) is 0.958. The zero-order chi connectivity index (χ0) is 6.32. The third kappa shape index (κ3) is 0.592. The van der Waals surface area contributed by atoms with Crippen molar-refractivity contribution in [1.82, 2.24) is 0 Å². The monoisotopic (exact) mass is 120 g/mol. The standard InChI is InChI=1S/C9H12/c1-2-9-6-4-3-5-8(9)7-9/h2-4,8H,1,5-7H2. The zero-order valence-corrected chi connectivity index (χ0v) is 5.64. The van der Waals surface area contributed by atoms with E-state index in [0.29, 0.717) is 5.41 Å². The Labute approximate surface area is 56.3 Å². The van der Waals surface area contributed by atoms with Gasteiger partial charge >= 0.3 is 0 Å². The Kier molecular flexibility index (Phi) is 0.879. The van der Waals surface area contributed by atoms with Gasteiger partial charge in [-0.2, -0.15) is 0 Å². The molecule has 0 N–H and O–H groups in total. The topological polar surface area (TPSA) is 0 Å². The first-order chi connectivity index (χ1) is 4.37. The van der Waals surface area contributed by atoms with Crippen molar-refractivity contribution in [2.75, 3.05) is 0 Å². The third-order valence-corrected chi connectivity index (χ3v) is 2.77. The maximum Gasteiger partial charge on any atom is -0.00519 e. The van der Waals surface area contributed by atoms with Gasteiger partial charge in [0, 0.05) is 0 Å². The molecule has 0 bridgehead atoms. The molecule has 0 radical (unpaired) electrons. The lowest BCUT2D eigenvalue weighted by Crippen LogP contribution is -2.00. The fourth-order valence-electron chi connectivity index (χ4n) is 1.86. The summed E-state index contributed by atoms with van der Waals surface area (Å²) in [5.41, 5.74) is 0.564. The summed E-state index contributed by atoms with van der Waals surface area (Å²) in [7, 11) is 0. The predicted octanol–water partition coefficient (Wildman–Crippen LogP) is 2.53. The van der Waals surface area contributed by atoms with E-state index in [0.717, 1.165) is 5.92 Å². The molecule has 9 heavy (non-hydrogen) atoms. The molecule has 2 aliphatic carbocycles. The summed E-state index contributed by atoms with van der Waals surface area (Å²) in [6.07, 6.45) is 10.7. The molecule has 2 unspecified atom stereocenters. The summed E-state index contributed by atoms with van der Waals surface area (Å²) >= 11 is 0. The number of fused-ring (bicyclic) bond motifs is 1. The Morgan fingerprint density at radius 1 is 1.56 bits per heavy atom. The van der Waals surface area contributed by atoms with Crippen LogP contribution in [0.5, 0.6) is 0 Å². The summed E-state index contributed by atoms with van der Waals surface area (Å²) in [4.78, 5) is 0. The van der Waals surface area contributed by atoms with E-state index in [1.54, 1.807) is 0 Å². The van der Waals surface area contributed by atoms with Gasteiger partial charge in [-0.3, -0.25) is 0 Å². The summed E-state index contributed by atoms with van der Waals surface area (Å²) < 4.78 is 0. The Balaban J connectivity index is 2.19. The van der Waals surface area contributed by atoms with Crippen molar-refractivity contribution in [2.45, 2.75) is 19.3 Å². The lowest BCUT2D eigenvalue weighted by atomic mass is 9.94. The largest absolute Gasteiger partial charge is 0.103 e. The average molecular weight is 120 g/mol. The lowest BCUT2D eigenvalue weighted by Gasteiger charge is -2.11. The normalized spacial score (nSPS) is 46.0. The predicted molar refractivity (Wildman–Crippen MR) is 39.1 cm³/mol. The lowest BCUT2D eigenvalue weighted by molar-refractivity contribution is 0.558. The fraction of sp³-hybridized carbons (Fsp3) is 0.556. The number of allylic oxidation sites excluding steroid dienone is 3. The van der Waals surface area contributed by atoms with Gasteiger partial charge < -0.3 is 0 Å². The molecule has 0 saturated heterocycles. The van der Waals surface area contributed by atoms with Crippen LogP contribution >= 0.6 is 0 Å². The van der Waals surface area contributed by atoms with Gasteiger partial charge in [0.1, 0.15) is 0 Å². The summed E-state index contributed by atoms with van der Waals surface area (Å²) in [6.45, 7) is 3.86. The van der Waals surface area contributed by atoms with Crippen LogP contribution in [-0.2, 0) is 0 Å². The van der Waals surface area contributed by atoms with Crippen molar-refractivity contribution in [1.29, 1.82) is 0 Å². The maximum absolute atomic E-state index is 3.86. The molecule has 0 spiro atoms. The van der Waals surface area contributed by atoms with E-state index in [2.05, 4.69) is 24.8 Å². The van der Waals surface area contributed by atoms with Crippen molar-refractivity contribution in [3.63, 3.8) is 0 Å². The second kappa shape index (κ2) is 1.50. The van der Waals surface area contributed by atoms with Crippen LogP contribution in [-0.4, -0.2) is 0 Å². The molecular formula is C9H12. The molecule has 0 heteroatoms. The number of hydrogen-bond donors (Lipinski definition) is 0. The Hall–Kier alpha value is -0.520. The van der Waals surface area contributed by atoms with E-state index < -0.39 is 0 Å². The minimum Gasteiger partial charge on any atom is -0.103 e. The second-order valence-electron chi connectivity index (χ2n) is 3.25. The van der Waals surface area contributed by atoms with Crippen LogP contribution in [0.25, 0.3) is 0 Å². The van der Waals surface area contributed by atoms with Gasteiger partial charge in [0.15, 0.2) is 0 Å². The smallest absolute Gasteiger partial charge is 0.00519 e. The van der Waals surface area contributed by atoms with Crippen molar-refractivity contribution in [3.05, 3.63) is 24.8 Å². The van der Waals surface area contributed by atoms with Crippen molar-refractivity contribution >= 4 is 0 Å². The van der Waals surface area contributed by atoms with Gasteiger partial charge in [-0.15, -0.1) is 6.58 Å².